The third kappa shape index (κ3) is 1.97. The Morgan fingerprint density at radius 1 is 1.06 bits per heavy atom. The molecule has 0 bridgehead atoms. The SMILES string of the molecule is O=C([O-])c1cc2c(ccc3ccccc32)[nH]1.[Na+]. The van der Waals surface area contributed by atoms with Crippen LogP contribution in [0.4, 0.5) is 0 Å². The molecule has 2 aromatic carbocycles. The Bertz CT molecular complexity index is 703. The summed E-state index contributed by atoms with van der Waals surface area (Å²) in [5, 5.41) is 13.8. The number of hydrogen-bond donors (Lipinski definition) is 1. The first-order valence-corrected chi connectivity index (χ1v) is 4.97. The molecule has 0 unspecified atom stereocenters. The number of aromatic amines is 1. The fourth-order valence-electron chi connectivity index (χ4n) is 2.00. The average molecular weight is 233 g/mol. The molecule has 1 heterocycles. The molecule has 78 valence electrons. The van der Waals surface area contributed by atoms with E-state index in [1.54, 1.807) is 6.07 Å². The van der Waals surface area contributed by atoms with Crippen LogP contribution in [0.15, 0.2) is 42.5 Å². The number of aromatic carboxylic acids is 1. The first-order valence-electron chi connectivity index (χ1n) is 4.97. The second-order valence-electron chi connectivity index (χ2n) is 3.72. The number of aromatic nitrogens is 1. The van der Waals surface area contributed by atoms with E-state index in [2.05, 4.69) is 4.98 Å². The molecule has 1 N–H and O–H groups in total. The fraction of sp³-hybridized carbons (Fsp3) is 0. The maximum absolute atomic E-state index is 10.8. The van der Waals surface area contributed by atoms with Crippen molar-refractivity contribution < 1.29 is 39.5 Å². The number of hydrogen-bond acceptors (Lipinski definition) is 2. The van der Waals surface area contributed by atoms with E-state index < -0.39 is 5.97 Å². The van der Waals surface area contributed by atoms with Crippen LogP contribution in [0.5, 0.6) is 0 Å². The zero-order chi connectivity index (χ0) is 11.1. The molecule has 0 fully saturated rings. The molecule has 1 aromatic heterocycles. The van der Waals surface area contributed by atoms with Crippen molar-refractivity contribution >= 4 is 27.6 Å². The van der Waals surface area contributed by atoms with Crippen molar-refractivity contribution in [2.75, 3.05) is 0 Å². The Hall–Kier alpha value is -1.29. The van der Waals surface area contributed by atoms with Crippen LogP contribution in [-0.2, 0) is 0 Å². The van der Waals surface area contributed by atoms with Crippen molar-refractivity contribution in [1.29, 1.82) is 0 Å². The Morgan fingerprint density at radius 3 is 2.59 bits per heavy atom. The van der Waals surface area contributed by atoms with Gasteiger partial charge in [-0.15, -0.1) is 0 Å². The fourth-order valence-corrected chi connectivity index (χ4v) is 2.00. The quantitative estimate of drug-likeness (QED) is 0.530. The predicted molar refractivity (Wildman–Crippen MR) is 60.1 cm³/mol. The summed E-state index contributed by atoms with van der Waals surface area (Å²) in [6.45, 7) is 0. The molecule has 0 amide bonds. The number of nitrogens with one attached hydrogen (secondary N) is 1. The van der Waals surface area contributed by atoms with E-state index >= 15 is 0 Å². The maximum atomic E-state index is 10.8. The van der Waals surface area contributed by atoms with Crippen molar-refractivity contribution in [3.63, 3.8) is 0 Å². The van der Waals surface area contributed by atoms with Crippen molar-refractivity contribution in [2.24, 2.45) is 0 Å². The molecule has 0 saturated carbocycles. The molecule has 3 aromatic rings. The Kier molecular flexibility index (Phi) is 3.24. The van der Waals surface area contributed by atoms with Gasteiger partial charge in [-0.05, 0) is 22.9 Å². The number of carbonyl (C=O) groups excluding carboxylic acids is 1. The summed E-state index contributed by atoms with van der Waals surface area (Å²) < 4.78 is 0. The summed E-state index contributed by atoms with van der Waals surface area (Å²) in [6, 6.07) is 13.3. The molecule has 3 rings (SSSR count). The van der Waals surface area contributed by atoms with Crippen molar-refractivity contribution in [3.8, 4) is 0 Å². The van der Waals surface area contributed by atoms with Crippen LogP contribution in [0.3, 0.4) is 0 Å². The monoisotopic (exact) mass is 233 g/mol. The van der Waals surface area contributed by atoms with Crippen molar-refractivity contribution in [1.82, 2.24) is 4.98 Å². The summed E-state index contributed by atoms with van der Waals surface area (Å²) in [7, 11) is 0. The van der Waals surface area contributed by atoms with Gasteiger partial charge in [0.25, 0.3) is 0 Å². The van der Waals surface area contributed by atoms with Gasteiger partial charge in [-0.25, -0.2) is 0 Å². The van der Waals surface area contributed by atoms with Crippen LogP contribution in [0.25, 0.3) is 21.7 Å². The third-order valence-electron chi connectivity index (χ3n) is 2.75. The molecular weight excluding hydrogens is 225 g/mol. The average Bonchev–Trinajstić information content (AvgIpc) is 2.73. The minimum absolute atomic E-state index is 0. The minimum Gasteiger partial charge on any atom is -0.543 e. The molecule has 0 aliphatic carbocycles. The number of benzene rings is 2. The Morgan fingerprint density at radius 2 is 1.82 bits per heavy atom. The second kappa shape index (κ2) is 4.53. The van der Waals surface area contributed by atoms with Gasteiger partial charge in [0.2, 0.25) is 0 Å². The summed E-state index contributed by atoms with van der Waals surface area (Å²) in [4.78, 5) is 13.6. The van der Waals surface area contributed by atoms with Gasteiger partial charge >= 0.3 is 29.6 Å². The van der Waals surface area contributed by atoms with E-state index in [1.807, 2.05) is 36.4 Å². The number of carbonyl (C=O) groups is 1. The normalized spacial score (nSPS) is 10.4. The number of H-pyrrole nitrogens is 1. The van der Waals surface area contributed by atoms with Gasteiger partial charge in [0, 0.05) is 10.9 Å². The van der Waals surface area contributed by atoms with Crippen LogP contribution < -0.4 is 34.7 Å². The maximum Gasteiger partial charge on any atom is 1.00 e. The number of carboxylic acid groups (broad SMARTS) is 1. The van der Waals surface area contributed by atoms with Crippen LogP contribution in [0, 0.1) is 0 Å². The predicted octanol–water partition coefficient (Wildman–Crippen LogP) is -1.31. The van der Waals surface area contributed by atoms with Crippen LogP contribution in [-0.4, -0.2) is 11.0 Å². The zero-order valence-corrected chi connectivity index (χ0v) is 11.4. The van der Waals surface area contributed by atoms with E-state index in [-0.39, 0.29) is 35.3 Å². The first-order chi connectivity index (χ1) is 7.75. The summed E-state index contributed by atoms with van der Waals surface area (Å²) in [5.41, 5.74) is 0.934. The Balaban J connectivity index is 0.00000108. The van der Waals surface area contributed by atoms with Gasteiger partial charge in [-0.2, -0.15) is 0 Å². The molecule has 0 aliphatic heterocycles. The largest absolute Gasteiger partial charge is 1.00 e. The molecule has 0 saturated heterocycles. The van der Waals surface area contributed by atoms with Crippen LogP contribution in [0.2, 0.25) is 0 Å². The van der Waals surface area contributed by atoms with Crippen molar-refractivity contribution in [2.45, 2.75) is 0 Å². The topological polar surface area (TPSA) is 55.9 Å². The molecule has 0 radical (unpaired) electrons. The van der Waals surface area contributed by atoms with Gasteiger partial charge in [-0.1, -0.05) is 30.3 Å². The van der Waals surface area contributed by atoms with Crippen LogP contribution in [0.1, 0.15) is 10.5 Å². The van der Waals surface area contributed by atoms with Crippen LogP contribution >= 0.6 is 0 Å². The molecular formula is C13H8NNaO2. The van der Waals surface area contributed by atoms with Gasteiger partial charge < -0.3 is 14.9 Å². The number of fused-ring (bicyclic) bond motifs is 3. The minimum atomic E-state index is -1.18. The smallest absolute Gasteiger partial charge is 0.543 e. The number of carboxylic acids is 1. The standard InChI is InChI=1S/C13H9NO2.Na/c15-13(16)12-7-10-9-4-2-1-3-8(9)5-6-11(10)14-12;/h1-7,14H,(H,15,16);/q;+1/p-1. The number of rotatable bonds is 1. The van der Waals surface area contributed by atoms with E-state index in [0.717, 1.165) is 21.7 Å². The second-order valence-corrected chi connectivity index (χ2v) is 3.72. The van der Waals surface area contributed by atoms with Crippen molar-refractivity contribution in [3.05, 3.63) is 48.2 Å². The molecule has 4 heteroatoms. The zero-order valence-electron chi connectivity index (χ0n) is 9.36. The first kappa shape index (κ1) is 12.2. The molecule has 0 atom stereocenters. The molecule has 0 spiro atoms. The summed E-state index contributed by atoms with van der Waals surface area (Å²) in [6.07, 6.45) is 0. The van der Waals surface area contributed by atoms with E-state index in [4.69, 9.17) is 0 Å². The molecule has 17 heavy (non-hydrogen) atoms. The van der Waals surface area contributed by atoms with Gasteiger partial charge in [-0.3, -0.25) is 0 Å². The summed E-state index contributed by atoms with van der Waals surface area (Å²) >= 11 is 0. The molecule has 0 aliphatic rings. The van der Waals surface area contributed by atoms with E-state index in [0.29, 0.717) is 0 Å². The van der Waals surface area contributed by atoms with Gasteiger partial charge in [0.1, 0.15) is 0 Å². The van der Waals surface area contributed by atoms with Gasteiger partial charge in [0.15, 0.2) is 0 Å². The molecule has 3 nitrogen and oxygen atoms in total. The third-order valence-corrected chi connectivity index (χ3v) is 2.75. The van der Waals surface area contributed by atoms with E-state index in [1.165, 1.54) is 0 Å². The Labute approximate surface area is 120 Å². The van der Waals surface area contributed by atoms with E-state index in [9.17, 15) is 9.90 Å². The summed E-state index contributed by atoms with van der Waals surface area (Å²) in [5.74, 6) is -1.18. The van der Waals surface area contributed by atoms with Gasteiger partial charge in [0.05, 0.1) is 11.7 Å².